The van der Waals surface area contributed by atoms with E-state index < -0.39 is 0 Å². The van der Waals surface area contributed by atoms with Gasteiger partial charge in [-0.3, -0.25) is 0 Å². The molecule has 3 heterocycles. The van der Waals surface area contributed by atoms with Crippen molar-refractivity contribution in [1.29, 1.82) is 0 Å². The Bertz CT molecular complexity index is 1110. The molecule has 0 amide bonds. The normalized spacial score (nSPS) is 16.1. The van der Waals surface area contributed by atoms with E-state index in [2.05, 4.69) is 45.0 Å². The molecule has 152 valence electrons. The van der Waals surface area contributed by atoms with Gasteiger partial charge >= 0.3 is 0 Å². The second-order valence-corrected chi connectivity index (χ2v) is 7.41. The molecule has 1 aliphatic heterocycles. The van der Waals surface area contributed by atoms with Gasteiger partial charge in [-0.1, -0.05) is 24.3 Å². The molecule has 5 rings (SSSR count). The number of ether oxygens (including phenoxy) is 2. The third-order valence-corrected chi connectivity index (χ3v) is 5.51. The number of methoxy groups -OCH3 is 1. The number of benzene rings is 2. The molecule has 4 aromatic rings. The van der Waals surface area contributed by atoms with Gasteiger partial charge in [0.1, 0.15) is 18.4 Å². The van der Waals surface area contributed by atoms with Gasteiger partial charge in [0, 0.05) is 24.6 Å². The molecule has 7 nitrogen and oxygen atoms in total. The van der Waals surface area contributed by atoms with Crippen LogP contribution >= 0.6 is 0 Å². The summed E-state index contributed by atoms with van der Waals surface area (Å²) in [6.07, 6.45) is 6.18. The van der Waals surface area contributed by atoms with Crippen LogP contribution < -0.4 is 4.74 Å². The molecule has 0 radical (unpaired) electrons. The van der Waals surface area contributed by atoms with Gasteiger partial charge in [0.25, 0.3) is 0 Å². The Hall–Kier alpha value is -3.45. The summed E-state index contributed by atoms with van der Waals surface area (Å²) in [6, 6.07) is 16.4. The number of rotatable bonds is 6. The van der Waals surface area contributed by atoms with Gasteiger partial charge in [0.05, 0.1) is 37.1 Å². The van der Waals surface area contributed by atoms with Gasteiger partial charge in [-0.05, 0) is 36.2 Å². The van der Waals surface area contributed by atoms with E-state index in [9.17, 15) is 0 Å². The second kappa shape index (κ2) is 8.12. The summed E-state index contributed by atoms with van der Waals surface area (Å²) in [5.41, 5.74) is 5.48. The molecule has 2 aromatic carbocycles. The minimum atomic E-state index is 0.336. The van der Waals surface area contributed by atoms with E-state index in [1.807, 2.05) is 24.5 Å². The Morgan fingerprint density at radius 3 is 2.77 bits per heavy atom. The molecule has 2 aromatic heterocycles. The maximum absolute atomic E-state index is 5.70. The van der Waals surface area contributed by atoms with Crippen molar-refractivity contribution in [3.63, 3.8) is 0 Å². The molecule has 1 unspecified atom stereocenters. The fourth-order valence-corrected chi connectivity index (χ4v) is 3.98. The van der Waals surface area contributed by atoms with Crippen LogP contribution in [0.5, 0.6) is 5.75 Å². The van der Waals surface area contributed by atoms with Crippen LogP contribution in [0.25, 0.3) is 16.9 Å². The Morgan fingerprint density at radius 2 is 2.03 bits per heavy atom. The van der Waals surface area contributed by atoms with Crippen LogP contribution in [0.1, 0.15) is 23.6 Å². The quantitative estimate of drug-likeness (QED) is 0.493. The monoisotopic (exact) mass is 401 g/mol. The van der Waals surface area contributed by atoms with E-state index in [1.165, 1.54) is 17.6 Å². The zero-order valence-corrected chi connectivity index (χ0v) is 16.8. The first-order valence-electron chi connectivity index (χ1n) is 10.0. The summed E-state index contributed by atoms with van der Waals surface area (Å²) in [4.78, 5) is 8.80. The van der Waals surface area contributed by atoms with Gasteiger partial charge in [-0.2, -0.15) is 5.10 Å². The van der Waals surface area contributed by atoms with Crippen molar-refractivity contribution in [1.82, 2.24) is 24.3 Å². The zero-order valence-electron chi connectivity index (χ0n) is 16.8. The lowest BCUT2D eigenvalue weighted by molar-refractivity contribution is 0.193. The summed E-state index contributed by atoms with van der Waals surface area (Å²) in [5, 5.41) is 4.18. The van der Waals surface area contributed by atoms with Gasteiger partial charge in [-0.25, -0.2) is 14.6 Å². The standard InChI is InChI=1S/C23H23N5O2/c1-29-21-4-2-3-18(11-21)22-23(19-9-10-30-13-19)27(16-25-22)12-17-5-7-20(8-6-17)28-15-24-14-26-28/h2-8,11,14-16,19H,9-10,12-13H2,1H3. The molecule has 1 saturated heterocycles. The first kappa shape index (κ1) is 18.6. The van der Waals surface area contributed by atoms with E-state index in [0.29, 0.717) is 5.92 Å². The third-order valence-electron chi connectivity index (χ3n) is 5.51. The van der Waals surface area contributed by atoms with Crippen molar-refractivity contribution in [2.45, 2.75) is 18.9 Å². The van der Waals surface area contributed by atoms with E-state index in [0.717, 1.165) is 48.9 Å². The lowest BCUT2D eigenvalue weighted by atomic mass is 9.98. The second-order valence-electron chi connectivity index (χ2n) is 7.41. The van der Waals surface area contributed by atoms with E-state index >= 15 is 0 Å². The van der Waals surface area contributed by atoms with Crippen LogP contribution in [0.3, 0.4) is 0 Å². The van der Waals surface area contributed by atoms with E-state index in [-0.39, 0.29) is 0 Å². The molecule has 7 heteroatoms. The molecule has 30 heavy (non-hydrogen) atoms. The van der Waals surface area contributed by atoms with Gasteiger partial charge < -0.3 is 14.0 Å². The summed E-state index contributed by atoms with van der Waals surface area (Å²) < 4.78 is 15.1. The molecular formula is C23H23N5O2. The molecule has 1 atom stereocenters. The van der Waals surface area contributed by atoms with Gasteiger partial charge in [-0.15, -0.1) is 0 Å². The first-order chi connectivity index (χ1) is 14.8. The highest BCUT2D eigenvalue weighted by Crippen LogP contribution is 2.34. The minimum absolute atomic E-state index is 0.336. The number of hydrogen-bond donors (Lipinski definition) is 0. The summed E-state index contributed by atoms with van der Waals surface area (Å²) >= 11 is 0. The molecule has 1 fully saturated rings. The summed E-state index contributed by atoms with van der Waals surface area (Å²) in [5.74, 6) is 1.17. The highest BCUT2D eigenvalue weighted by molar-refractivity contribution is 5.64. The van der Waals surface area contributed by atoms with Crippen LogP contribution in [0.4, 0.5) is 0 Å². The molecule has 0 bridgehead atoms. The van der Waals surface area contributed by atoms with Crippen molar-refractivity contribution in [2.24, 2.45) is 0 Å². The Kier molecular flexibility index (Phi) is 5.03. The highest BCUT2D eigenvalue weighted by atomic mass is 16.5. The largest absolute Gasteiger partial charge is 0.497 e. The topological polar surface area (TPSA) is 67.0 Å². The molecule has 0 saturated carbocycles. The predicted octanol–water partition coefficient (Wildman–Crippen LogP) is 3.69. The van der Waals surface area contributed by atoms with Crippen LogP contribution in [0, 0.1) is 0 Å². The van der Waals surface area contributed by atoms with Gasteiger partial charge in [0.2, 0.25) is 0 Å². The Balaban J connectivity index is 1.48. The minimum Gasteiger partial charge on any atom is -0.497 e. The van der Waals surface area contributed by atoms with Crippen molar-refractivity contribution in [3.8, 4) is 22.7 Å². The Labute approximate surface area is 174 Å². The first-order valence-corrected chi connectivity index (χ1v) is 10.0. The average molecular weight is 401 g/mol. The van der Waals surface area contributed by atoms with Crippen molar-refractivity contribution >= 4 is 0 Å². The number of aromatic nitrogens is 5. The fraction of sp³-hybridized carbons (Fsp3) is 0.261. The highest BCUT2D eigenvalue weighted by Gasteiger charge is 2.26. The van der Waals surface area contributed by atoms with Crippen molar-refractivity contribution < 1.29 is 9.47 Å². The van der Waals surface area contributed by atoms with E-state index in [1.54, 1.807) is 18.1 Å². The number of nitrogens with zero attached hydrogens (tertiary/aromatic N) is 5. The van der Waals surface area contributed by atoms with Crippen LogP contribution in [0.15, 0.2) is 67.5 Å². The Morgan fingerprint density at radius 1 is 1.13 bits per heavy atom. The van der Waals surface area contributed by atoms with Crippen molar-refractivity contribution in [3.05, 3.63) is 78.8 Å². The third kappa shape index (κ3) is 3.59. The number of hydrogen-bond acceptors (Lipinski definition) is 5. The van der Waals surface area contributed by atoms with Gasteiger partial charge in [0.15, 0.2) is 0 Å². The molecule has 0 N–H and O–H groups in total. The molecule has 0 spiro atoms. The predicted molar refractivity (Wildman–Crippen MR) is 113 cm³/mol. The maximum atomic E-state index is 5.70. The SMILES string of the molecule is COc1cccc(-c2ncn(Cc3ccc(-n4cncn4)cc3)c2C2CCOC2)c1. The van der Waals surface area contributed by atoms with Crippen LogP contribution in [-0.4, -0.2) is 44.6 Å². The maximum Gasteiger partial charge on any atom is 0.138 e. The smallest absolute Gasteiger partial charge is 0.138 e. The molecular weight excluding hydrogens is 378 g/mol. The zero-order chi connectivity index (χ0) is 20.3. The molecule has 0 aliphatic carbocycles. The van der Waals surface area contributed by atoms with E-state index in [4.69, 9.17) is 14.5 Å². The van der Waals surface area contributed by atoms with Crippen molar-refractivity contribution in [2.75, 3.05) is 20.3 Å². The average Bonchev–Trinajstić information content (AvgIpc) is 3.56. The number of imidazole rings is 1. The summed E-state index contributed by atoms with van der Waals surface area (Å²) in [6.45, 7) is 2.27. The van der Waals surface area contributed by atoms with Crippen LogP contribution in [-0.2, 0) is 11.3 Å². The fourth-order valence-electron chi connectivity index (χ4n) is 3.98. The lowest BCUT2D eigenvalue weighted by Gasteiger charge is -2.15. The summed E-state index contributed by atoms with van der Waals surface area (Å²) in [7, 11) is 1.69. The molecule has 1 aliphatic rings. The lowest BCUT2D eigenvalue weighted by Crippen LogP contribution is -2.10. The van der Waals surface area contributed by atoms with Crippen LogP contribution in [0.2, 0.25) is 0 Å².